The zero-order chi connectivity index (χ0) is 21.9. The third-order valence-corrected chi connectivity index (χ3v) is 4.44. The molecular formula is C22H30N4O4. The predicted molar refractivity (Wildman–Crippen MR) is 119 cm³/mol. The lowest BCUT2D eigenvalue weighted by Crippen LogP contribution is -2.41. The zero-order valence-electron chi connectivity index (χ0n) is 18.2. The molecule has 0 saturated carbocycles. The number of amides is 1. The van der Waals surface area contributed by atoms with E-state index in [1.54, 1.807) is 28.4 Å². The molecule has 0 fully saturated rings. The number of aryl methyl sites for hydroxylation is 1. The molecule has 0 radical (unpaired) electrons. The van der Waals surface area contributed by atoms with Gasteiger partial charge in [-0.3, -0.25) is 9.79 Å². The van der Waals surface area contributed by atoms with Gasteiger partial charge in [-0.05, 0) is 41.8 Å². The average Bonchev–Trinajstić information content (AvgIpc) is 2.78. The highest BCUT2D eigenvalue weighted by molar-refractivity contribution is 5.95. The van der Waals surface area contributed by atoms with Crippen LogP contribution in [0.25, 0.3) is 0 Å². The lowest BCUT2D eigenvalue weighted by atomic mass is 10.1. The molecule has 2 rings (SSSR count). The second-order valence-corrected chi connectivity index (χ2v) is 6.42. The summed E-state index contributed by atoms with van der Waals surface area (Å²) in [6, 6.07) is 11.5. The fourth-order valence-electron chi connectivity index (χ4n) is 2.88. The van der Waals surface area contributed by atoms with Crippen LogP contribution in [0.3, 0.4) is 0 Å². The Labute approximate surface area is 177 Å². The van der Waals surface area contributed by atoms with Crippen molar-refractivity contribution in [2.75, 3.05) is 40.2 Å². The molecule has 8 heteroatoms. The first-order valence-electron chi connectivity index (χ1n) is 9.66. The number of benzene rings is 2. The van der Waals surface area contributed by atoms with Gasteiger partial charge in [0, 0.05) is 19.3 Å². The van der Waals surface area contributed by atoms with Crippen LogP contribution in [0.4, 0.5) is 5.69 Å². The van der Waals surface area contributed by atoms with Crippen LogP contribution in [0.1, 0.15) is 18.1 Å². The van der Waals surface area contributed by atoms with Gasteiger partial charge < -0.3 is 30.2 Å². The number of ether oxygens (including phenoxy) is 3. The molecule has 0 atom stereocenters. The molecule has 0 aliphatic rings. The quantitative estimate of drug-likeness (QED) is 0.431. The number of carbonyl (C=O) groups is 1. The summed E-state index contributed by atoms with van der Waals surface area (Å²) in [6.45, 7) is 2.62. The predicted octanol–water partition coefficient (Wildman–Crippen LogP) is 2.58. The molecular weight excluding hydrogens is 384 g/mol. The van der Waals surface area contributed by atoms with E-state index < -0.39 is 0 Å². The van der Waals surface area contributed by atoms with Crippen molar-refractivity contribution in [3.05, 3.63) is 47.5 Å². The fraction of sp³-hybridized carbons (Fsp3) is 0.364. The van der Waals surface area contributed by atoms with Gasteiger partial charge in [0.2, 0.25) is 11.7 Å². The van der Waals surface area contributed by atoms with Gasteiger partial charge in [0.15, 0.2) is 17.5 Å². The Hall–Kier alpha value is -3.42. The molecule has 1 amide bonds. The highest BCUT2D eigenvalue weighted by Crippen LogP contribution is 2.38. The lowest BCUT2D eigenvalue weighted by molar-refractivity contribution is -0.115. The number of nitrogens with zero attached hydrogens (tertiary/aromatic N) is 1. The number of aliphatic imine (C=N–C) groups is 1. The standard InChI is InChI=1S/C22H30N4O4/c1-6-15-8-7-9-17(10-15)26-20(27)14-25-22(23-2)24-13-16-11-18(28-3)21(30-5)19(12-16)29-4/h7-12H,6,13-14H2,1-5H3,(H,26,27)(H2,23,24,25). The molecule has 0 bridgehead atoms. The largest absolute Gasteiger partial charge is 0.493 e. The van der Waals surface area contributed by atoms with Crippen molar-refractivity contribution in [3.8, 4) is 17.2 Å². The van der Waals surface area contributed by atoms with E-state index in [1.807, 2.05) is 36.4 Å². The minimum atomic E-state index is -0.154. The van der Waals surface area contributed by atoms with Gasteiger partial charge in [-0.1, -0.05) is 19.1 Å². The van der Waals surface area contributed by atoms with Gasteiger partial charge in [0.25, 0.3) is 0 Å². The van der Waals surface area contributed by atoms with E-state index in [2.05, 4.69) is 27.9 Å². The third kappa shape index (κ3) is 6.30. The van der Waals surface area contributed by atoms with E-state index in [9.17, 15) is 4.79 Å². The molecule has 0 saturated heterocycles. The smallest absolute Gasteiger partial charge is 0.243 e. The van der Waals surface area contributed by atoms with E-state index in [0.717, 1.165) is 17.7 Å². The van der Waals surface area contributed by atoms with Crippen molar-refractivity contribution >= 4 is 17.6 Å². The topological polar surface area (TPSA) is 93.2 Å². The Morgan fingerprint density at radius 3 is 2.23 bits per heavy atom. The summed E-state index contributed by atoms with van der Waals surface area (Å²) in [5, 5.41) is 9.06. The summed E-state index contributed by atoms with van der Waals surface area (Å²) in [4.78, 5) is 16.4. The molecule has 0 aliphatic carbocycles. The van der Waals surface area contributed by atoms with E-state index >= 15 is 0 Å². The third-order valence-electron chi connectivity index (χ3n) is 4.44. The molecule has 2 aromatic carbocycles. The van der Waals surface area contributed by atoms with Crippen LogP contribution in [0, 0.1) is 0 Å². The Balaban J connectivity index is 1.92. The second-order valence-electron chi connectivity index (χ2n) is 6.42. The lowest BCUT2D eigenvalue weighted by Gasteiger charge is -2.16. The zero-order valence-corrected chi connectivity index (χ0v) is 18.2. The summed E-state index contributed by atoms with van der Waals surface area (Å²) < 4.78 is 16.1. The maximum atomic E-state index is 12.2. The van der Waals surface area contributed by atoms with Crippen molar-refractivity contribution < 1.29 is 19.0 Å². The van der Waals surface area contributed by atoms with E-state index in [0.29, 0.717) is 29.8 Å². The van der Waals surface area contributed by atoms with Gasteiger partial charge in [-0.2, -0.15) is 0 Å². The highest BCUT2D eigenvalue weighted by Gasteiger charge is 2.13. The molecule has 30 heavy (non-hydrogen) atoms. The molecule has 0 aliphatic heterocycles. The van der Waals surface area contributed by atoms with Crippen LogP contribution in [0.2, 0.25) is 0 Å². The van der Waals surface area contributed by atoms with Crippen LogP contribution in [0.15, 0.2) is 41.4 Å². The molecule has 3 N–H and O–H groups in total. The van der Waals surface area contributed by atoms with Gasteiger partial charge in [-0.25, -0.2) is 0 Å². The minimum Gasteiger partial charge on any atom is -0.493 e. The Morgan fingerprint density at radius 1 is 0.967 bits per heavy atom. The summed E-state index contributed by atoms with van der Waals surface area (Å²) >= 11 is 0. The number of anilines is 1. The average molecular weight is 415 g/mol. The molecule has 0 heterocycles. The van der Waals surface area contributed by atoms with Gasteiger partial charge >= 0.3 is 0 Å². The van der Waals surface area contributed by atoms with E-state index in [1.165, 1.54) is 5.56 Å². The summed E-state index contributed by atoms with van der Waals surface area (Å²) in [5.74, 6) is 2.03. The normalized spacial score (nSPS) is 10.9. The first-order chi connectivity index (χ1) is 14.5. The van der Waals surface area contributed by atoms with E-state index in [4.69, 9.17) is 14.2 Å². The number of carbonyl (C=O) groups excluding carboxylic acids is 1. The van der Waals surface area contributed by atoms with Crippen LogP contribution < -0.4 is 30.2 Å². The molecule has 8 nitrogen and oxygen atoms in total. The van der Waals surface area contributed by atoms with Crippen LogP contribution in [-0.2, 0) is 17.8 Å². The Kier molecular flexibility index (Phi) is 8.80. The maximum Gasteiger partial charge on any atom is 0.243 e. The molecule has 0 aromatic heterocycles. The van der Waals surface area contributed by atoms with E-state index in [-0.39, 0.29) is 12.5 Å². The first kappa shape index (κ1) is 22.9. The Morgan fingerprint density at radius 2 is 1.67 bits per heavy atom. The van der Waals surface area contributed by atoms with Gasteiger partial charge in [-0.15, -0.1) is 0 Å². The van der Waals surface area contributed by atoms with Crippen molar-refractivity contribution in [2.45, 2.75) is 19.9 Å². The summed E-state index contributed by atoms with van der Waals surface area (Å²) in [6.07, 6.45) is 0.916. The number of hydrogen-bond donors (Lipinski definition) is 3. The molecule has 0 unspecified atom stereocenters. The number of rotatable bonds is 9. The van der Waals surface area contributed by atoms with Crippen LogP contribution in [-0.4, -0.2) is 46.8 Å². The van der Waals surface area contributed by atoms with Crippen LogP contribution in [0.5, 0.6) is 17.2 Å². The second kappa shape index (κ2) is 11.5. The molecule has 162 valence electrons. The Bertz CT molecular complexity index is 858. The van der Waals surface area contributed by atoms with Crippen LogP contribution >= 0.6 is 0 Å². The van der Waals surface area contributed by atoms with Gasteiger partial charge in [0.1, 0.15) is 0 Å². The SMILES string of the molecule is CCc1cccc(NC(=O)CNC(=NC)NCc2cc(OC)c(OC)c(OC)c2)c1. The molecule has 0 spiro atoms. The number of nitrogens with one attached hydrogen (secondary N) is 3. The summed E-state index contributed by atoms with van der Waals surface area (Å²) in [7, 11) is 6.36. The van der Waals surface area contributed by atoms with Crippen molar-refractivity contribution in [1.29, 1.82) is 0 Å². The summed E-state index contributed by atoms with van der Waals surface area (Å²) in [5.41, 5.74) is 2.86. The maximum absolute atomic E-state index is 12.2. The minimum absolute atomic E-state index is 0.0886. The molecule has 2 aromatic rings. The highest BCUT2D eigenvalue weighted by atomic mass is 16.5. The monoisotopic (exact) mass is 414 g/mol. The first-order valence-corrected chi connectivity index (χ1v) is 9.66. The van der Waals surface area contributed by atoms with Crippen molar-refractivity contribution in [3.63, 3.8) is 0 Å². The fourth-order valence-corrected chi connectivity index (χ4v) is 2.88. The number of guanidine groups is 1. The van der Waals surface area contributed by atoms with Crippen molar-refractivity contribution in [1.82, 2.24) is 10.6 Å². The van der Waals surface area contributed by atoms with Gasteiger partial charge in [0.05, 0.1) is 27.9 Å². The number of methoxy groups -OCH3 is 3. The van der Waals surface area contributed by atoms with Crippen molar-refractivity contribution in [2.24, 2.45) is 4.99 Å². The number of hydrogen-bond acceptors (Lipinski definition) is 5.